The summed E-state index contributed by atoms with van der Waals surface area (Å²) >= 11 is 0. The number of hydrogen-bond donors (Lipinski definition) is 1. The molecule has 2 rings (SSSR count). The summed E-state index contributed by atoms with van der Waals surface area (Å²) in [4.78, 5) is 11.2. The third-order valence-electron chi connectivity index (χ3n) is 3.93. The second kappa shape index (κ2) is 6.53. The van der Waals surface area contributed by atoms with Gasteiger partial charge < -0.3 is 14.8 Å². The number of nitrogens with one attached hydrogen (secondary N) is 1. The lowest BCUT2D eigenvalue weighted by Crippen LogP contribution is -2.34. The lowest BCUT2D eigenvalue weighted by molar-refractivity contribution is -0.169. The van der Waals surface area contributed by atoms with Gasteiger partial charge in [-0.25, -0.2) is 0 Å². The molecule has 2 fully saturated rings. The van der Waals surface area contributed by atoms with Gasteiger partial charge >= 0.3 is 0 Å². The van der Waals surface area contributed by atoms with Crippen molar-refractivity contribution < 1.29 is 14.3 Å². The predicted octanol–water partition coefficient (Wildman–Crippen LogP) is 2.37. The molecule has 0 aromatic rings. The van der Waals surface area contributed by atoms with Crippen LogP contribution in [0.3, 0.4) is 0 Å². The van der Waals surface area contributed by atoms with E-state index < -0.39 is 0 Å². The minimum absolute atomic E-state index is 0.188. The van der Waals surface area contributed by atoms with E-state index in [4.69, 9.17) is 9.47 Å². The van der Waals surface area contributed by atoms with Gasteiger partial charge in [-0.3, -0.25) is 4.79 Å². The largest absolute Gasteiger partial charge is 0.353 e. The Morgan fingerprint density at radius 3 is 2.67 bits per heavy atom. The van der Waals surface area contributed by atoms with Gasteiger partial charge in [0.05, 0.1) is 13.2 Å². The third-order valence-corrected chi connectivity index (χ3v) is 3.93. The molecule has 2 saturated heterocycles. The maximum atomic E-state index is 11.2. The molecule has 4 heteroatoms. The van der Waals surface area contributed by atoms with E-state index in [1.165, 1.54) is 12.8 Å². The van der Waals surface area contributed by atoms with Crippen molar-refractivity contribution in [1.82, 2.24) is 5.32 Å². The molecule has 2 aliphatic heterocycles. The molecule has 0 saturated carbocycles. The first-order chi connectivity index (χ1) is 8.74. The number of carbonyl (C=O) groups is 1. The molecule has 0 aromatic heterocycles. The van der Waals surface area contributed by atoms with Crippen LogP contribution in [0.2, 0.25) is 0 Å². The highest BCUT2D eigenvalue weighted by Crippen LogP contribution is 2.32. The first-order valence-electron chi connectivity index (χ1n) is 7.31. The van der Waals surface area contributed by atoms with Crippen molar-refractivity contribution in [2.75, 3.05) is 13.2 Å². The monoisotopic (exact) mass is 255 g/mol. The zero-order valence-corrected chi connectivity index (χ0v) is 11.4. The molecular weight excluding hydrogens is 230 g/mol. The molecule has 0 radical (unpaired) electrons. The van der Waals surface area contributed by atoms with Crippen LogP contribution >= 0.6 is 0 Å². The van der Waals surface area contributed by atoms with Gasteiger partial charge in [0.2, 0.25) is 5.91 Å². The van der Waals surface area contributed by atoms with Crippen LogP contribution in [0.1, 0.15) is 58.3 Å². The Morgan fingerprint density at radius 2 is 2.06 bits per heavy atom. The van der Waals surface area contributed by atoms with Gasteiger partial charge in [-0.2, -0.15) is 0 Å². The van der Waals surface area contributed by atoms with Crippen molar-refractivity contribution in [3.05, 3.63) is 0 Å². The highest BCUT2D eigenvalue weighted by Gasteiger charge is 2.36. The molecule has 1 N–H and O–H groups in total. The van der Waals surface area contributed by atoms with Gasteiger partial charge in [-0.05, 0) is 19.3 Å². The second-order valence-corrected chi connectivity index (χ2v) is 5.41. The van der Waals surface area contributed by atoms with Crippen LogP contribution in [0, 0.1) is 0 Å². The van der Waals surface area contributed by atoms with Crippen LogP contribution < -0.4 is 5.32 Å². The van der Waals surface area contributed by atoms with Crippen molar-refractivity contribution in [3.63, 3.8) is 0 Å². The molecule has 0 spiro atoms. The fraction of sp³-hybridized carbons (Fsp3) is 0.929. The molecule has 2 aliphatic rings. The van der Waals surface area contributed by atoms with Crippen LogP contribution in [0.15, 0.2) is 0 Å². The molecule has 2 heterocycles. The summed E-state index contributed by atoms with van der Waals surface area (Å²) < 4.78 is 11.7. The summed E-state index contributed by atoms with van der Waals surface area (Å²) in [6.07, 6.45) is 8.11. The van der Waals surface area contributed by atoms with Crippen molar-refractivity contribution >= 4 is 5.91 Å². The fourth-order valence-electron chi connectivity index (χ4n) is 2.84. The molecule has 18 heavy (non-hydrogen) atoms. The average molecular weight is 255 g/mol. The minimum Gasteiger partial charge on any atom is -0.353 e. The third kappa shape index (κ3) is 3.69. The number of unbranched alkanes of at least 4 members (excludes halogenated alkanes) is 2. The number of ether oxygens (including phenoxy) is 2. The molecule has 4 nitrogen and oxygen atoms in total. The summed E-state index contributed by atoms with van der Waals surface area (Å²) in [6, 6.07) is 0.327. The van der Waals surface area contributed by atoms with Crippen LogP contribution in [0.5, 0.6) is 0 Å². The van der Waals surface area contributed by atoms with Gasteiger partial charge in [-0.15, -0.1) is 0 Å². The normalized spacial score (nSPS) is 26.5. The lowest BCUT2D eigenvalue weighted by Gasteiger charge is -2.28. The van der Waals surface area contributed by atoms with Crippen molar-refractivity contribution in [1.29, 1.82) is 0 Å². The molecular formula is C14H25NO3. The highest BCUT2D eigenvalue weighted by atomic mass is 16.7. The summed E-state index contributed by atoms with van der Waals surface area (Å²) in [6.45, 7) is 3.63. The first-order valence-corrected chi connectivity index (χ1v) is 7.31. The van der Waals surface area contributed by atoms with E-state index in [9.17, 15) is 4.79 Å². The van der Waals surface area contributed by atoms with E-state index in [0.717, 1.165) is 32.1 Å². The molecule has 1 atom stereocenters. The number of amides is 1. The maximum Gasteiger partial charge on any atom is 0.220 e. The number of carbonyl (C=O) groups excluding carboxylic acids is 1. The average Bonchev–Trinajstić information content (AvgIpc) is 2.97. The molecule has 0 bridgehead atoms. The Bertz CT molecular complexity index is 274. The first kappa shape index (κ1) is 13.8. The van der Waals surface area contributed by atoms with Crippen molar-refractivity contribution in [2.45, 2.75) is 70.1 Å². The number of hydrogen-bond acceptors (Lipinski definition) is 3. The van der Waals surface area contributed by atoms with Crippen molar-refractivity contribution in [2.24, 2.45) is 0 Å². The Labute approximate surface area is 109 Å². The van der Waals surface area contributed by atoms with Crippen LogP contribution in [0.4, 0.5) is 0 Å². The molecule has 1 unspecified atom stereocenters. The molecule has 0 aliphatic carbocycles. The van der Waals surface area contributed by atoms with E-state index >= 15 is 0 Å². The second-order valence-electron chi connectivity index (χ2n) is 5.41. The Morgan fingerprint density at radius 1 is 1.28 bits per heavy atom. The van der Waals surface area contributed by atoms with E-state index in [-0.39, 0.29) is 11.7 Å². The van der Waals surface area contributed by atoms with Crippen LogP contribution in [0.25, 0.3) is 0 Å². The highest BCUT2D eigenvalue weighted by molar-refractivity contribution is 5.78. The topological polar surface area (TPSA) is 47.6 Å². The quantitative estimate of drug-likeness (QED) is 0.710. The van der Waals surface area contributed by atoms with Crippen molar-refractivity contribution in [3.8, 4) is 0 Å². The standard InChI is InChI=1S/C14H25NO3/c1-2-3-4-8-14(17-10-11-18-14)9-7-12-5-6-13(16)15-12/h12H,2-11H2,1H3,(H,15,16). The van der Waals surface area contributed by atoms with Gasteiger partial charge in [0.25, 0.3) is 0 Å². The smallest absolute Gasteiger partial charge is 0.220 e. The maximum absolute atomic E-state index is 11.2. The lowest BCUT2D eigenvalue weighted by atomic mass is 9.99. The molecule has 1 amide bonds. The fourth-order valence-corrected chi connectivity index (χ4v) is 2.84. The SMILES string of the molecule is CCCCCC1(CCC2CCC(=O)N2)OCCO1. The Balaban J connectivity index is 1.76. The summed E-state index contributed by atoms with van der Waals surface area (Å²) in [5.41, 5.74) is 0. The zero-order valence-electron chi connectivity index (χ0n) is 11.4. The van der Waals surface area contributed by atoms with E-state index in [2.05, 4.69) is 12.2 Å². The summed E-state index contributed by atoms with van der Waals surface area (Å²) in [7, 11) is 0. The Hall–Kier alpha value is -0.610. The minimum atomic E-state index is -0.359. The van der Waals surface area contributed by atoms with E-state index in [1.54, 1.807) is 0 Å². The van der Waals surface area contributed by atoms with Gasteiger partial charge in [-0.1, -0.05) is 19.8 Å². The van der Waals surface area contributed by atoms with Gasteiger partial charge in [0.1, 0.15) is 0 Å². The van der Waals surface area contributed by atoms with Crippen LogP contribution in [-0.4, -0.2) is 30.9 Å². The molecule has 0 aromatic carbocycles. The van der Waals surface area contributed by atoms with E-state index in [1.807, 2.05) is 0 Å². The van der Waals surface area contributed by atoms with Crippen LogP contribution in [-0.2, 0) is 14.3 Å². The van der Waals surface area contributed by atoms with Gasteiger partial charge in [0, 0.05) is 25.3 Å². The zero-order chi connectivity index (χ0) is 12.8. The Kier molecular flexibility index (Phi) is 5.01. The number of rotatable bonds is 7. The predicted molar refractivity (Wildman–Crippen MR) is 69.2 cm³/mol. The van der Waals surface area contributed by atoms with Gasteiger partial charge in [0.15, 0.2) is 5.79 Å². The summed E-state index contributed by atoms with van der Waals surface area (Å²) in [5, 5.41) is 3.01. The van der Waals surface area contributed by atoms with E-state index in [0.29, 0.717) is 25.7 Å². The summed E-state index contributed by atoms with van der Waals surface area (Å²) in [5.74, 6) is -0.170. The molecule has 104 valence electrons.